The maximum absolute atomic E-state index is 11.2. The third-order valence-corrected chi connectivity index (χ3v) is 5.96. The van der Waals surface area contributed by atoms with Crippen LogP contribution in [0, 0.1) is 16.0 Å². The Morgan fingerprint density at radius 3 is 2.68 bits per heavy atom. The zero-order valence-corrected chi connectivity index (χ0v) is 15.3. The fourth-order valence-electron chi connectivity index (χ4n) is 4.65. The van der Waals surface area contributed by atoms with Crippen molar-refractivity contribution in [1.29, 1.82) is 0 Å². The van der Waals surface area contributed by atoms with Crippen LogP contribution in [-0.2, 0) is 0 Å². The lowest BCUT2D eigenvalue weighted by atomic mass is 9.82. The third kappa shape index (κ3) is 4.72. The fraction of sp³-hybridized carbons (Fsp3) is 0.700. The molecule has 2 fully saturated rings. The summed E-state index contributed by atoms with van der Waals surface area (Å²) in [6.45, 7) is 4.52. The molecule has 0 spiro atoms. The van der Waals surface area contributed by atoms with Crippen molar-refractivity contribution in [3.8, 4) is 0 Å². The number of piperidine rings is 1. The first-order chi connectivity index (χ1) is 12.2. The molecule has 1 saturated carbocycles. The summed E-state index contributed by atoms with van der Waals surface area (Å²) >= 11 is 0. The second kappa shape index (κ2) is 8.65. The zero-order valence-electron chi connectivity index (χ0n) is 15.3. The van der Waals surface area contributed by atoms with Gasteiger partial charge in [0.05, 0.1) is 4.92 Å². The molecule has 138 valence electrons. The van der Waals surface area contributed by atoms with Gasteiger partial charge in [0.15, 0.2) is 0 Å². The van der Waals surface area contributed by atoms with Gasteiger partial charge in [0, 0.05) is 31.2 Å². The Hall–Kier alpha value is -1.62. The van der Waals surface area contributed by atoms with Gasteiger partial charge in [-0.25, -0.2) is 0 Å². The van der Waals surface area contributed by atoms with Crippen LogP contribution in [0.3, 0.4) is 0 Å². The Morgan fingerprint density at radius 2 is 1.96 bits per heavy atom. The van der Waals surface area contributed by atoms with E-state index < -0.39 is 0 Å². The summed E-state index contributed by atoms with van der Waals surface area (Å²) in [5, 5.41) is 14.6. The van der Waals surface area contributed by atoms with Crippen LogP contribution < -0.4 is 5.32 Å². The van der Waals surface area contributed by atoms with Crippen LogP contribution in [-0.4, -0.2) is 35.0 Å². The molecule has 1 aromatic rings. The molecule has 2 aliphatic rings. The number of rotatable bonds is 6. The highest BCUT2D eigenvalue weighted by Gasteiger charge is 2.29. The first-order valence-electron chi connectivity index (χ1n) is 9.91. The van der Waals surface area contributed by atoms with Crippen LogP contribution in [0.4, 0.5) is 11.4 Å². The lowest BCUT2D eigenvalue weighted by Gasteiger charge is -2.41. The molecule has 0 radical (unpaired) electrons. The van der Waals surface area contributed by atoms with Gasteiger partial charge in [-0.3, -0.25) is 10.1 Å². The molecule has 1 saturated heterocycles. The smallest absolute Gasteiger partial charge is 0.292 e. The topological polar surface area (TPSA) is 58.4 Å². The monoisotopic (exact) mass is 345 g/mol. The highest BCUT2D eigenvalue weighted by atomic mass is 16.6. The van der Waals surface area contributed by atoms with Crippen LogP contribution >= 0.6 is 0 Å². The molecule has 0 bridgehead atoms. The number of para-hydroxylation sites is 2. The SMILES string of the molecule is CCC[C@@H]1CCC[C@@H](N2CCC(Nc3ccccc3[N+](=O)[O-])CC2)C1. The average Bonchev–Trinajstić information content (AvgIpc) is 2.63. The van der Waals surface area contributed by atoms with Crippen LogP contribution in [0.1, 0.15) is 58.3 Å². The van der Waals surface area contributed by atoms with Crippen LogP contribution in [0.15, 0.2) is 24.3 Å². The van der Waals surface area contributed by atoms with E-state index in [1.807, 2.05) is 12.1 Å². The normalized spacial score (nSPS) is 25.6. The summed E-state index contributed by atoms with van der Waals surface area (Å²) in [6.07, 6.45) is 10.3. The van der Waals surface area contributed by atoms with Crippen molar-refractivity contribution in [2.24, 2.45) is 5.92 Å². The summed E-state index contributed by atoms with van der Waals surface area (Å²) in [5.41, 5.74) is 0.839. The number of nitro benzene ring substituents is 1. The van der Waals surface area contributed by atoms with Crippen molar-refractivity contribution in [1.82, 2.24) is 4.90 Å². The van der Waals surface area contributed by atoms with E-state index in [4.69, 9.17) is 0 Å². The van der Waals surface area contributed by atoms with Gasteiger partial charge in [-0.15, -0.1) is 0 Å². The van der Waals surface area contributed by atoms with Gasteiger partial charge < -0.3 is 10.2 Å². The van der Waals surface area contributed by atoms with Gasteiger partial charge in [-0.2, -0.15) is 0 Å². The summed E-state index contributed by atoms with van der Waals surface area (Å²) in [7, 11) is 0. The van der Waals surface area contributed by atoms with E-state index >= 15 is 0 Å². The van der Waals surface area contributed by atoms with Gasteiger partial charge in [0.1, 0.15) is 5.69 Å². The van der Waals surface area contributed by atoms with Crippen LogP contribution in [0.5, 0.6) is 0 Å². The largest absolute Gasteiger partial charge is 0.377 e. The van der Waals surface area contributed by atoms with E-state index in [9.17, 15) is 10.1 Å². The molecule has 2 atom stereocenters. The van der Waals surface area contributed by atoms with Crippen LogP contribution in [0.2, 0.25) is 0 Å². The van der Waals surface area contributed by atoms with Gasteiger partial charge in [0.25, 0.3) is 5.69 Å². The van der Waals surface area contributed by atoms with E-state index in [1.54, 1.807) is 12.1 Å². The molecule has 1 aromatic carbocycles. The Morgan fingerprint density at radius 1 is 1.20 bits per heavy atom. The lowest BCUT2D eigenvalue weighted by molar-refractivity contribution is -0.384. The molecule has 1 aliphatic heterocycles. The van der Waals surface area contributed by atoms with Crippen molar-refractivity contribution in [2.75, 3.05) is 18.4 Å². The van der Waals surface area contributed by atoms with Crippen molar-refractivity contribution in [3.05, 3.63) is 34.4 Å². The lowest BCUT2D eigenvalue weighted by Crippen LogP contribution is -2.46. The van der Waals surface area contributed by atoms with E-state index in [2.05, 4.69) is 17.1 Å². The van der Waals surface area contributed by atoms with Crippen molar-refractivity contribution in [3.63, 3.8) is 0 Å². The van der Waals surface area contributed by atoms with E-state index in [1.165, 1.54) is 38.5 Å². The maximum atomic E-state index is 11.2. The minimum absolute atomic E-state index is 0.180. The Kier molecular flexibility index (Phi) is 6.29. The minimum Gasteiger partial charge on any atom is -0.377 e. The van der Waals surface area contributed by atoms with Gasteiger partial charge in [-0.05, 0) is 37.7 Å². The van der Waals surface area contributed by atoms with Crippen molar-refractivity contribution in [2.45, 2.75) is 70.4 Å². The standard InChI is InChI=1S/C20H31N3O2/c1-2-6-16-7-5-8-18(15-16)22-13-11-17(12-14-22)21-19-9-3-4-10-20(19)23(24)25/h3-4,9-10,16-18,21H,2,5-8,11-15H2,1H3/t16-,18-/m1/s1. The molecular formula is C20H31N3O2. The molecule has 0 aromatic heterocycles. The molecule has 5 nitrogen and oxygen atoms in total. The van der Waals surface area contributed by atoms with E-state index in [0.29, 0.717) is 11.7 Å². The molecule has 5 heteroatoms. The fourth-order valence-corrected chi connectivity index (χ4v) is 4.65. The third-order valence-electron chi connectivity index (χ3n) is 5.96. The summed E-state index contributed by atoms with van der Waals surface area (Å²) in [5.74, 6) is 0.923. The number of likely N-dealkylation sites (tertiary alicyclic amines) is 1. The Labute approximate surface area is 150 Å². The Bertz CT molecular complexity index is 568. The van der Waals surface area contributed by atoms with Gasteiger partial charge in [-0.1, -0.05) is 44.7 Å². The number of anilines is 1. The van der Waals surface area contributed by atoms with Gasteiger partial charge >= 0.3 is 0 Å². The molecule has 0 amide bonds. The van der Waals surface area contributed by atoms with Crippen molar-refractivity contribution < 1.29 is 4.92 Å². The maximum Gasteiger partial charge on any atom is 0.292 e. The minimum atomic E-state index is -0.298. The van der Waals surface area contributed by atoms with E-state index in [-0.39, 0.29) is 10.6 Å². The van der Waals surface area contributed by atoms with E-state index in [0.717, 1.165) is 37.9 Å². The summed E-state index contributed by atoms with van der Waals surface area (Å²) in [4.78, 5) is 13.5. The molecule has 3 rings (SSSR count). The number of nitrogens with one attached hydrogen (secondary N) is 1. The highest BCUT2D eigenvalue weighted by Crippen LogP contribution is 2.33. The summed E-state index contributed by atoms with van der Waals surface area (Å²) in [6, 6.07) is 8.08. The molecule has 1 heterocycles. The first kappa shape index (κ1) is 18.2. The zero-order chi connectivity index (χ0) is 17.6. The number of nitro groups is 1. The second-order valence-corrected chi connectivity index (χ2v) is 7.70. The highest BCUT2D eigenvalue weighted by molar-refractivity contribution is 5.61. The number of benzene rings is 1. The summed E-state index contributed by atoms with van der Waals surface area (Å²) < 4.78 is 0. The van der Waals surface area contributed by atoms with Crippen molar-refractivity contribution >= 4 is 11.4 Å². The Balaban J connectivity index is 1.51. The molecule has 0 unspecified atom stereocenters. The number of hydrogen-bond acceptors (Lipinski definition) is 4. The molecule has 25 heavy (non-hydrogen) atoms. The average molecular weight is 345 g/mol. The number of hydrogen-bond donors (Lipinski definition) is 1. The molecule has 1 aliphatic carbocycles. The molecule has 1 N–H and O–H groups in total. The number of nitrogens with zero attached hydrogens (tertiary/aromatic N) is 2. The van der Waals surface area contributed by atoms with Gasteiger partial charge in [0.2, 0.25) is 0 Å². The van der Waals surface area contributed by atoms with Crippen LogP contribution in [0.25, 0.3) is 0 Å². The molecular weight excluding hydrogens is 314 g/mol. The predicted molar refractivity (Wildman–Crippen MR) is 102 cm³/mol. The first-order valence-corrected chi connectivity index (χ1v) is 9.91. The quantitative estimate of drug-likeness (QED) is 0.592. The second-order valence-electron chi connectivity index (χ2n) is 7.70. The predicted octanol–water partition coefficient (Wildman–Crippen LogP) is 4.83.